The smallest absolute Gasteiger partial charge is 0.161 e. The van der Waals surface area contributed by atoms with Gasteiger partial charge >= 0.3 is 0 Å². The molecule has 1 aliphatic carbocycles. The van der Waals surface area contributed by atoms with Crippen molar-refractivity contribution in [3.8, 4) is 11.5 Å². The number of methoxy groups -OCH3 is 1. The topological polar surface area (TPSA) is 21.7 Å². The molecule has 1 heterocycles. The van der Waals surface area contributed by atoms with Gasteiger partial charge in [0.1, 0.15) is 6.61 Å². The quantitative estimate of drug-likeness (QED) is 0.694. The number of likely N-dealkylation sites (tertiary alicyclic amines) is 1. The van der Waals surface area contributed by atoms with Crippen LogP contribution in [0.2, 0.25) is 0 Å². The second-order valence-corrected chi connectivity index (χ2v) is 7.55. The molecule has 4 rings (SSSR count). The Bertz CT molecular complexity index is 780. The third kappa shape index (κ3) is 4.36. The minimum Gasteiger partial charge on any atom is -0.493 e. The standard InChI is InChI=1S/C24H29NO2/c1-26-24-17-20(12-13-23(24)27-18-19-8-3-2-4-9-19)16-21-10-5-6-11-22(21)25-14-7-15-25/h2-4,8-9,12-13,16-17,22H,5-7,10-11,14-15,18H2,1H3. The summed E-state index contributed by atoms with van der Waals surface area (Å²) in [6, 6.07) is 17.2. The average molecular weight is 364 g/mol. The van der Waals surface area contributed by atoms with E-state index >= 15 is 0 Å². The number of hydrogen-bond acceptors (Lipinski definition) is 3. The van der Waals surface area contributed by atoms with Gasteiger partial charge in [0.25, 0.3) is 0 Å². The Labute approximate surface area is 162 Å². The molecule has 2 aliphatic rings. The Kier molecular flexibility index (Phi) is 5.78. The van der Waals surface area contributed by atoms with Crippen molar-refractivity contribution >= 4 is 6.08 Å². The van der Waals surface area contributed by atoms with Gasteiger partial charge in [-0.05, 0) is 62.0 Å². The first-order chi connectivity index (χ1) is 13.3. The van der Waals surface area contributed by atoms with Crippen LogP contribution in [0.3, 0.4) is 0 Å². The van der Waals surface area contributed by atoms with E-state index in [0.717, 1.165) is 17.1 Å². The molecule has 0 bridgehead atoms. The Morgan fingerprint density at radius 3 is 2.59 bits per heavy atom. The summed E-state index contributed by atoms with van der Waals surface area (Å²) in [4.78, 5) is 2.64. The first-order valence-corrected chi connectivity index (χ1v) is 10.1. The van der Waals surface area contributed by atoms with Gasteiger partial charge in [-0.3, -0.25) is 4.90 Å². The Morgan fingerprint density at radius 1 is 1.00 bits per heavy atom. The van der Waals surface area contributed by atoms with Gasteiger partial charge in [-0.2, -0.15) is 0 Å². The van der Waals surface area contributed by atoms with Gasteiger partial charge in [0.15, 0.2) is 11.5 Å². The van der Waals surface area contributed by atoms with Gasteiger partial charge in [0.05, 0.1) is 7.11 Å². The van der Waals surface area contributed by atoms with E-state index in [9.17, 15) is 0 Å². The van der Waals surface area contributed by atoms with Crippen molar-refractivity contribution < 1.29 is 9.47 Å². The summed E-state index contributed by atoms with van der Waals surface area (Å²) in [6.45, 7) is 3.07. The highest BCUT2D eigenvalue weighted by Crippen LogP contribution is 2.34. The van der Waals surface area contributed by atoms with Crippen LogP contribution < -0.4 is 9.47 Å². The van der Waals surface area contributed by atoms with Crippen LogP contribution in [0.4, 0.5) is 0 Å². The highest BCUT2D eigenvalue weighted by atomic mass is 16.5. The molecule has 1 unspecified atom stereocenters. The summed E-state index contributed by atoms with van der Waals surface area (Å²) in [5.74, 6) is 1.60. The second kappa shape index (κ2) is 8.62. The van der Waals surface area contributed by atoms with Crippen molar-refractivity contribution in [2.75, 3.05) is 20.2 Å². The second-order valence-electron chi connectivity index (χ2n) is 7.55. The highest BCUT2D eigenvalue weighted by Gasteiger charge is 2.28. The fraction of sp³-hybridized carbons (Fsp3) is 0.417. The lowest BCUT2D eigenvalue weighted by Gasteiger charge is -2.42. The molecule has 1 aliphatic heterocycles. The summed E-state index contributed by atoms with van der Waals surface area (Å²) in [6.07, 6.45) is 8.92. The molecule has 0 amide bonds. The fourth-order valence-electron chi connectivity index (χ4n) is 4.10. The van der Waals surface area contributed by atoms with Crippen molar-refractivity contribution in [2.45, 2.75) is 44.8 Å². The zero-order chi connectivity index (χ0) is 18.5. The Balaban J connectivity index is 1.50. The molecule has 0 spiro atoms. The zero-order valence-corrected chi connectivity index (χ0v) is 16.2. The summed E-state index contributed by atoms with van der Waals surface area (Å²) in [7, 11) is 1.71. The highest BCUT2D eigenvalue weighted by molar-refractivity contribution is 5.59. The Morgan fingerprint density at radius 2 is 1.85 bits per heavy atom. The van der Waals surface area contributed by atoms with Crippen LogP contribution in [0.25, 0.3) is 6.08 Å². The van der Waals surface area contributed by atoms with E-state index in [-0.39, 0.29) is 0 Å². The summed E-state index contributed by atoms with van der Waals surface area (Å²) in [5, 5.41) is 0. The summed E-state index contributed by atoms with van der Waals surface area (Å²) < 4.78 is 11.6. The molecule has 2 aromatic rings. The third-order valence-corrected chi connectivity index (χ3v) is 5.73. The van der Waals surface area contributed by atoms with Crippen LogP contribution in [-0.4, -0.2) is 31.1 Å². The molecule has 0 radical (unpaired) electrons. The molecular formula is C24H29NO2. The molecule has 1 saturated heterocycles. The van der Waals surface area contributed by atoms with E-state index in [0.29, 0.717) is 12.6 Å². The lowest BCUT2D eigenvalue weighted by Crippen LogP contribution is -2.46. The predicted molar refractivity (Wildman–Crippen MR) is 110 cm³/mol. The maximum Gasteiger partial charge on any atom is 0.161 e. The van der Waals surface area contributed by atoms with Crippen molar-refractivity contribution in [1.82, 2.24) is 4.90 Å². The van der Waals surface area contributed by atoms with E-state index in [1.165, 1.54) is 50.8 Å². The molecule has 1 atom stereocenters. The van der Waals surface area contributed by atoms with Crippen LogP contribution >= 0.6 is 0 Å². The van der Waals surface area contributed by atoms with Crippen molar-refractivity contribution in [3.05, 3.63) is 65.2 Å². The molecule has 27 heavy (non-hydrogen) atoms. The third-order valence-electron chi connectivity index (χ3n) is 5.73. The zero-order valence-electron chi connectivity index (χ0n) is 16.2. The van der Waals surface area contributed by atoms with Gasteiger partial charge in [0.2, 0.25) is 0 Å². The fourth-order valence-corrected chi connectivity index (χ4v) is 4.10. The van der Waals surface area contributed by atoms with Gasteiger partial charge < -0.3 is 9.47 Å². The van der Waals surface area contributed by atoms with E-state index in [1.54, 1.807) is 12.7 Å². The van der Waals surface area contributed by atoms with Gasteiger partial charge in [-0.15, -0.1) is 0 Å². The van der Waals surface area contributed by atoms with Crippen LogP contribution in [-0.2, 0) is 6.61 Å². The molecule has 2 fully saturated rings. The molecule has 142 valence electrons. The van der Waals surface area contributed by atoms with E-state index in [1.807, 2.05) is 24.3 Å². The molecular weight excluding hydrogens is 334 g/mol. The van der Waals surface area contributed by atoms with E-state index in [2.05, 4.69) is 35.2 Å². The van der Waals surface area contributed by atoms with Crippen LogP contribution in [0.5, 0.6) is 11.5 Å². The molecule has 1 saturated carbocycles. The van der Waals surface area contributed by atoms with Gasteiger partial charge in [-0.1, -0.05) is 54.5 Å². The van der Waals surface area contributed by atoms with Crippen molar-refractivity contribution in [3.63, 3.8) is 0 Å². The molecule has 3 heteroatoms. The lowest BCUT2D eigenvalue weighted by atomic mass is 9.86. The van der Waals surface area contributed by atoms with Gasteiger partial charge in [-0.25, -0.2) is 0 Å². The SMILES string of the molecule is COc1cc(C=C2CCCCC2N2CCC2)ccc1OCc1ccccc1. The predicted octanol–water partition coefficient (Wildman–Crippen LogP) is 5.31. The summed E-state index contributed by atoms with van der Waals surface area (Å²) in [5.41, 5.74) is 3.95. The minimum absolute atomic E-state index is 0.550. The maximum absolute atomic E-state index is 5.99. The number of ether oxygens (including phenoxy) is 2. The number of rotatable bonds is 6. The van der Waals surface area contributed by atoms with E-state index in [4.69, 9.17) is 9.47 Å². The molecule has 0 aromatic heterocycles. The molecule has 2 aromatic carbocycles. The van der Waals surface area contributed by atoms with Crippen LogP contribution in [0.15, 0.2) is 54.1 Å². The van der Waals surface area contributed by atoms with E-state index < -0.39 is 0 Å². The van der Waals surface area contributed by atoms with Crippen molar-refractivity contribution in [1.29, 1.82) is 0 Å². The number of nitrogens with zero attached hydrogens (tertiary/aromatic N) is 1. The molecule has 3 nitrogen and oxygen atoms in total. The van der Waals surface area contributed by atoms with Gasteiger partial charge in [0, 0.05) is 6.04 Å². The molecule has 0 N–H and O–H groups in total. The minimum atomic E-state index is 0.550. The maximum atomic E-state index is 5.99. The largest absolute Gasteiger partial charge is 0.493 e. The average Bonchev–Trinajstić information content (AvgIpc) is 2.68. The van der Waals surface area contributed by atoms with Crippen molar-refractivity contribution in [2.24, 2.45) is 0 Å². The lowest BCUT2D eigenvalue weighted by molar-refractivity contribution is 0.121. The summed E-state index contributed by atoms with van der Waals surface area (Å²) >= 11 is 0. The normalized spacial score (nSPS) is 21.7. The number of hydrogen-bond donors (Lipinski definition) is 0. The van der Waals surface area contributed by atoms with Crippen LogP contribution in [0.1, 0.15) is 43.2 Å². The monoisotopic (exact) mass is 363 g/mol. The first kappa shape index (κ1) is 18.1. The van der Waals surface area contributed by atoms with Crippen LogP contribution in [0, 0.1) is 0 Å². The Hall–Kier alpha value is -2.26. The number of benzene rings is 2. The first-order valence-electron chi connectivity index (χ1n) is 10.1.